The maximum absolute atomic E-state index is 12.4. The van der Waals surface area contributed by atoms with Crippen molar-refractivity contribution in [2.45, 2.75) is 13.8 Å². The predicted octanol–water partition coefficient (Wildman–Crippen LogP) is 4.30. The van der Waals surface area contributed by atoms with Crippen LogP contribution in [0.1, 0.15) is 22.3 Å². The van der Waals surface area contributed by atoms with E-state index >= 15 is 0 Å². The van der Waals surface area contributed by atoms with Gasteiger partial charge in [0, 0.05) is 18.2 Å². The summed E-state index contributed by atoms with van der Waals surface area (Å²) in [6.45, 7) is 3.23. The SMILES string of the molecule is CC(=O)Nc1ccc(OC(=O)c2sc(-c3ccccc3)nc2C)cc1. The molecule has 6 heteroatoms. The topological polar surface area (TPSA) is 68.3 Å². The van der Waals surface area contributed by atoms with E-state index in [1.807, 2.05) is 30.3 Å². The molecule has 25 heavy (non-hydrogen) atoms. The number of nitrogens with zero attached hydrogens (tertiary/aromatic N) is 1. The molecule has 0 bridgehead atoms. The number of esters is 1. The van der Waals surface area contributed by atoms with Gasteiger partial charge in [0.15, 0.2) is 0 Å². The summed E-state index contributed by atoms with van der Waals surface area (Å²) >= 11 is 1.31. The van der Waals surface area contributed by atoms with Gasteiger partial charge in [0.1, 0.15) is 15.6 Å². The van der Waals surface area contributed by atoms with Crippen LogP contribution >= 0.6 is 11.3 Å². The van der Waals surface area contributed by atoms with Gasteiger partial charge in [-0.15, -0.1) is 11.3 Å². The summed E-state index contributed by atoms with van der Waals surface area (Å²) in [6.07, 6.45) is 0. The number of aromatic nitrogens is 1. The molecule has 2 aromatic carbocycles. The number of aryl methyl sites for hydroxylation is 1. The van der Waals surface area contributed by atoms with Crippen molar-refractivity contribution in [3.05, 3.63) is 65.2 Å². The normalized spacial score (nSPS) is 10.3. The maximum atomic E-state index is 12.4. The molecule has 3 aromatic rings. The second kappa shape index (κ2) is 7.27. The Labute approximate surface area is 149 Å². The smallest absolute Gasteiger partial charge is 0.355 e. The first-order valence-corrected chi connectivity index (χ1v) is 8.47. The van der Waals surface area contributed by atoms with Crippen LogP contribution < -0.4 is 10.1 Å². The summed E-state index contributed by atoms with van der Waals surface area (Å²) in [4.78, 5) is 28.4. The number of ether oxygens (including phenoxy) is 1. The lowest BCUT2D eigenvalue weighted by molar-refractivity contribution is -0.114. The van der Waals surface area contributed by atoms with Crippen LogP contribution in [0.5, 0.6) is 5.75 Å². The number of benzene rings is 2. The average molecular weight is 352 g/mol. The Morgan fingerprint density at radius 2 is 1.72 bits per heavy atom. The summed E-state index contributed by atoms with van der Waals surface area (Å²) < 4.78 is 5.41. The molecule has 0 aliphatic rings. The molecule has 5 nitrogen and oxygen atoms in total. The lowest BCUT2D eigenvalue weighted by atomic mass is 10.2. The van der Waals surface area contributed by atoms with Crippen molar-refractivity contribution in [3.8, 4) is 16.3 Å². The fourth-order valence-electron chi connectivity index (χ4n) is 2.25. The first-order valence-electron chi connectivity index (χ1n) is 7.65. The molecule has 0 aliphatic carbocycles. The average Bonchev–Trinajstić information content (AvgIpc) is 2.99. The van der Waals surface area contributed by atoms with Gasteiger partial charge in [0.05, 0.1) is 5.69 Å². The number of thiazole rings is 1. The Morgan fingerprint density at radius 1 is 1.04 bits per heavy atom. The lowest BCUT2D eigenvalue weighted by Gasteiger charge is -2.05. The van der Waals surface area contributed by atoms with E-state index in [9.17, 15) is 9.59 Å². The van der Waals surface area contributed by atoms with Crippen molar-refractivity contribution in [1.29, 1.82) is 0 Å². The Balaban J connectivity index is 1.75. The second-order valence-corrected chi connectivity index (χ2v) is 6.39. The molecular weight excluding hydrogens is 336 g/mol. The number of anilines is 1. The van der Waals surface area contributed by atoms with Crippen LogP contribution in [0.4, 0.5) is 5.69 Å². The summed E-state index contributed by atoms with van der Waals surface area (Å²) in [5, 5.41) is 3.44. The van der Waals surface area contributed by atoms with E-state index in [0.29, 0.717) is 22.0 Å². The molecule has 1 aromatic heterocycles. The van der Waals surface area contributed by atoms with Crippen molar-refractivity contribution in [1.82, 2.24) is 4.98 Å². The molecule has 0 atom stereocenters. The summed E-state index contributed by atoms with van der Waals surface area (Å²) in [7, 11) is 0. The zero-order chi connectivity index (χ0) is 17.8. The van der Waals surface area contributed by atoms with E-state index in [0.717, 1.165) is 10.6 Å². The first kappa shape index (κ1) is 16.9. The molecule has 1 amide bonds. The standard InChI is InChI=1S/C19H16N2O3S/c1-12-17(25-18(20-12)14-6-4-3-5-7-14)19(23)24-16-10-8-15(9-11-16)21-13(2)22/h3-11H,1-2H3,(H,21,22). The highest BCUT2D eigenvalue weighted by Gasteiger charge is 2.18. The molecule has 0 aliphatic heterocycles. The van der Waals surface area contributed by atoms with Gasteiger partial charge < -0.3 is 10.1 Å². The number of amides is 1. The number of rotatable bonds is 4. The van der Waals surface area contributed by atoms with Gasteiger partial charge in [-0.2, -0.15) is 0 Å². The number of hydrogen-bond acceptors (Lipinski definition) is 5. The predicted molar refractivity (Wildman–Crippen MR) is 98.0 cm³/mol. The van der Waals surface area contributed by atoms with Gasteiger partial charge in [-0.1, -0.05) is 30.3 Å². The minimum atomic E-state index is -0.440. The Morgan fingerprint density at radius 3 is 2.36 bits per heavy atom. The van der Waals surface area contributed by atoms with E-state index < -0.39 is 5.97 Å². The zero-order valence-electron chi connectivity index (χ0n) is 13.8. The lowest BCUT2D eigenvalue weighted by Crippen LogP contribution is -2.08. The molecule has 0 fully saturated rings. The fourth-order valence-corrected chi connectivity index (χ4v) is 3.20. The molecule has 3 rings (SSSR count). The van der Waals surface area contributed by atoms with Crippen molar-refractivity contribution >= 4 is 28.9 Å². The van der Waals surface area contributed by atoms with E-state index in [2.05, 4.69) is 10.3 Å². The van der Waals surface area contributed by atoms with Gasteiger partial charge >= 0.3 is 5.97 Å². The van der Waals surface area contributed by atoms with E-state index in [4.69, 9.17) is 4.74 Å². The summed E-state index contributed by atoms with van der Waals surface area (Å²) in [5.74, 6) is -0.184. The molecule has 0 saturated heterocycles. The number of hydrogen-bond donors (Lipinski definition) is 1. The minimum Gasteiger partial charge on any atom is -0.422 e. The largest absolute Gasteiger partial charge is 0.422 e. The van der Waals surface area contributed by atoms with Crippen LogP contribution in [0.3, 0.4) is 0 Å². The number of nitrogens with one attached hydrogen (secondary N) is 1. The van der Waals surface area contributed by atoms with Crippen molar-refractivity contribution in [2.75, 3.05) is 5.32 Å². The van der Waals surface area contributed by atoms with Crippen LogP contribution in [0.2, 0.25) is 0 Å². The number of carbonyl (C=O) groups excluding carboxylic acids is 2. The van der Waals surface area contributed by atoms with E-state index in [1.165, 1.54) is 18.3 Å². The summed E-state index contributed by atoms with van der Waals surface area (Å²) in [5.41, 5.74) is 2.26. The third-order valence-corrected chi connectivity index (χ3v) is 4.57. The van der Waals surface area contributed by atoms with Crippen LogP contribution in [0.25, 0.3) is 10.6 Å². The molecule has 0 radical (unpaired) electrons. The fraction of sp³-hybridized carbons (Fsp3) is 0.105. The Bertz CT molecular complexity index is 902. The minimum absolute atomic E-state index is 0.154. The van der Waals surface area contributed by atoms with Crippen molar-refractivity contribution in [3.63, 3.8) is 0 Å². The Kier molecular flexibility index (Phi) is 4.90. The monoisotopic (exact) mass is 352 g/mol. The maximum Gasteiger partial charge on any atom is 0.355 e. The van der Waals surface area contributed by atoms with E-state index in [-0.39, 0.29) is 5.91 Å². The molecule has 126 valence electrons. The molecule has 0 saturated carbocycles. The van der Waals surface area contributed by atoms with Gasteiger partial charge in [-0.3, -0.25) is 4.79 Å². The third kappa shape index (κ3) is 4.10. The summed E-state index contributed by atoms with van der Waals surface area (Å²) in [6, 6.07) is 16.3. The first-order chi connectivity index (χ1) is 12.0. The van der Waals surface area contributed by atoms with Crippen LogP contribution in [-0.2, 0) is 4.79 Å². The van der Waals surface area contributed by atoms with Gasteiger partial charge in [0.25, 0.3) is 0 Å². The number of carbonyl (C=O) groups is 2. The van der Waals surface area contributed by atoms with Crippen LogP contribution in [0.15, 0.2) is 54.6 Å². The van der Waals surface area contributed by atoms with Gasteiger partial charge in [0.2, 0.25) is 5.91 Å². The van der Waals surface area contributed by atoms with E-state index in [1.54, 1.807) is 31.2 Å². The Hall–Kier alpha value is -2.99. The molecule has 0 spiro atoms. The highest BCUT2D eigenvalue weighted by molar-refractivity contribution is 7.17. The van der Waals surface area contributed by atoms with Gasteiger partial charge in [-0.05, 0) is 31.2 Å². The second-order valence-electron chi connectivity index (χ2n) is 5.39. The van der Waals surface area contributed by atoms with Crippen LogP contribution in [-0.4, -0.2) is 16.9 Å². The van der Waals surface area contributed by atoms with Crippen molar-refractivity contribution in [2.24, 2.45) is 0 Å². The quantitative estimate of drug-likeness (QED) is 0.562. The highest BCUT2D eigenvalue weighted by atomic mass is 32.1. The third-order valence-electron chi connectivity index (χ3n) is 3.39. The molecular formula is C19H16N2O3S. The van der Waals surface area contributed by atoms with Crippen LogP contribution in [0, 0.1) is 6.92 Å². The van der Waals surface area contributed by atoms with Gasteiger partial charge in [-0.25, -0.2) is 9.78 Å². The molecule has 1 N–H and O–H groups in total. The zero-order valence-corrected chi connectivity index (χ0v) is 14.6. The molecule has 1 heterocycles. The highest BCUT2D eigenvalue weighted by Crippen LogP contribution is 2.28. The van der Waals surface area contributed by atoms with Crippen molar-refractivity contribution < 1.29 is 14.3 Å². The molecule has 0 unspecified atom stereocenters.